The molecule has 0 saturated carbocycles. The van der Waals surface area contributed by atoms with Crippen LogP contribution in [0.2, 0.25) is 0 Å². The fraction of sp³-hybridized carbons (Fsp3) is 0.765. The summed E-state index contributed by atoms with van der Waals surface area (Å²) in [5.41, 5.74) is -0.0472. The Hall–Kier alpha value is -1.38. The highest BCUT2D eigenvalue weighted by Gasteiger charge is 2.31. The van der Waals surface area contributed by atoms with Crippen molar-refractivity contribution in [2.45, 2.75) is 51.6 Å². The number of carbonyl (C=O) groups is 1. The molecule has 2 heterocycles. The number of nitrogens with zero attached hydrogens (tertiary/aromatic N) is 3. The minimum atomic E-state index is -0.316. The van der Waals surface area contributed by atoms with Crippen LogP contribution in [0.4, 0.5) is 0 Å². The van der Waals surface area contributed by atoms with Crippen LogP contribution in [0, 0.1) is 11.3 Å². The van der Waals surface area contributed by atoms with Gasteiger partial charge in [0.25, 0.3) is 5.91 Å². The zero-order valence-electron chi connectivity index (χ0n) is 14.0. The van der Waals surface area contributed by atoms with Gasteiger partial charge in [0.05, 0.1) is 13.2 Å². The quantitative estimate of drug-likeness (QED) is 0.591. The van der Waals surface area contributed by atoms with Crippen molar-refractivity contribution in [1.82, 2.24) is 9.80 Å². The van der Waals surface area contributed by atoms with Crippen LogP contribution in [-0.4, -0.2) is 60.1 Å². The number of carbonyl (C=O) groups excluding carboxylic acids is 1. The topological polar surface area (TPSA) is 56.6 Å². The van der Waals surface area contributed by atoms with Gasteiger partial charge in [0.1, 0.15) is 11.6 Å². The minimum absolute atomic E-state index is 0.115. The molecular weight excluding hydrogens is 278 g/mol. The number of amides is 1. The summed E-state index contributed by atoms with van der Waals surface area (Å²) >= 11 is 0. The highest BCUT2D eigenvalue weighted by Crippen LogP contribution is 2.23. The highest BCUT2D eigenvalue weighted by atomic mass is 16.5. The Morgan fingerprint density at radius 2 is 1.95 bits per heavy atom. The van der Waals surface area contributed by atoms with Gasteiger partial charge in [-0.2, -0.15) is 5.26 Å². The number of ether oxygens (including phenoxy) is 1. The van der Waals surface area contributed by atoms with Crippen molar-refractivity contribution >= 4 is 5.91 Å². The number of piperidine rings is 1. The first kappa shape index (κ1) is 17.0. The molecule has 0 radical (unpaired) electrons. The van der Waals surface area contributed by atoms with E-state index in [1.54, 1.807) is 0 Å². The van der Waals surface area contributed by atoms with Gasteiger partial charge in [0.2, 0.25) is 0 Å². The molecule has 2 rings (SSSR count). The molecule has 2 saturated heterocycles. The summed E-state index contributed by atoms with van der Waals surface area (Å²) in [5.74, 6) is -0.115. The first-order valence-electron chi connectivity index (χ1n) is 8.22. The summed E-state index contributed by atoms with van der Waals surface area (Å²) in [7, 11) is 0. The summed E-state index contributed by atoms with van der Waals surface area (Å²) in [4.78, 5) is 16.8. The van der Waals surface area contributed by atoms with Crippen molar-refractivity contribution < 1.29 is 9.53 Å². The highest BCUT2D eigenvalue weighted by molar-refractivity contribution is 5.97. The van der Waals surface area contributed by atoms with Gasteiger partial charge in [-0.1, -0.05) is 0 Å². The molecule has 0 aromatic carbocycles. The average Bonchev–Trinajstić information content (AvgIpc) is 2.53. The molecule has 5 nitrogen and oxygen atoms in total. The van der Waals surface area contributed by atoms with E-state index in [-0.39, 0.29) is 23.1 Å². The fourth-order valence-electron chi connectivity index (χ4n) is 3.28. The zero-order valence-corrected chi connectivity index (χ0v) is 14.0. The second kappa shape index (κ2) is 7.26. The van der Waals surface area contributed by atoms with Crippen LogP contribution >= 0.6 is 0 Å². The third kappa shape index (κ3) is 3.88. The van der Waals surface area contributed by atoms with Crippen LogP contribution in [0.25, 0.3) is 0 Å². The number of hydrogen-bond acceptors (Lipinski definition) is 4. The predicted molar refractivity (Wildman–Crippen MR) is 85.2 cm³/mol. The van der Waals surface area contributed by atoms with E-state index in [0.717, 1.165) is 38.9 Å². The van der Waals surface area contributed by atoms with E-state index >= 15 is 0 Å². The van der Waals surface area contributed by atoms with Crippen molar-refractivity contribution in [3.63, 3.8) is 0 Å². The maximum Gasteiger partial charge on any atom is 0.264 e. The third-order valence-corrected chi connectivity index (χ3v) is 4.74. The maximum atomic E-state index is 12.7. The largest absolute Gasteiger partial charge is 0.379 e. The van der Waals surface area contributed by atoms with E-state index in [9.17, 15) is 10.1 Å². The molecule has 22 heavy (non-hydrogen) atoms. The molecule has 0 unspecified atom stereocenters. The lowest BCUT2D eigenvalue weighted by Crippen LogP contribution is -2.49. The van der Waals surface area contributed by atoms with Gasteiger partial charge in [-0.25, -0.2) is 0 Å². The van der Waals surface area contributed by atoms with Crippen LogP contribution in [0.1, 0.15) is 40.0 Å². The first-order valence-corrected chi connectivity index (χ1v) is 8.22. The molecule has 0 N–H and O–H groups in total. The van der Waals surface area contributed by atoms with Gasteiger partial charge >= 0.3 is 0 Å². The molecule has 0 bridgehead atoms. The molecule has 5 heteroatoms. The molecule has 2 aliphatic rings. The monoisotopic (exact) mass is 305 g/mol. The number of nitriles is 1. The van der Waals surface area contributed by atoms with E-state index in [1.165, 1.54) is 0 Å². The minimum Gasteiger partial charge on any atom is -0.379 e. The summed E-state index contributed by atoms with van der Waals surface area (Å²) in [6, 6.07) is 2.35. The molecule has 1 amide bonds. The SMILES string of the molecule is C[C@@H]1CCCCN1C(=O)C(C#N)=CC(C)(C)N1CCOCC1. The van der Waals surface area contributed by atoms with Crippen molar-refractivity contribution in [2.75, 3.05) is 32.8 Å². The summed E-state index contributed by atoms with van der Waals surface area (Å²) in [6.07, 6.45) is 5.05. The Bertz CT molecular complexity index is 473. The van der Waals surface area contributed by atoms with Crippen LogP contribution in [0.3, 0.4) is 0 Å². The van der Waals surface area contributed by atoms with Gasteiger partial charge in [0, 0.05) is 31.2 Å². The van der Waals surface area contributed by atoms with Gasteiger partial charge in [0.15, 0.2) is 0 Å². The summed E-state index contributed by atoms with van der Waals surface area (Å²) in [6.45, 7) is 10.0. The van der Waals surface area contributed by atoms with Crippen molar-refractivity contribution in [2.24, 2.45) is 0 Å². The van der Waals surface area contributed by atoms with Gasteiger partial charge < -0.3 is 9.64 Å². The average molecular weight is 305 g/mol. The predicted octanol–water partition coefficient (Wildman–Crippen LogP) is 1.95. The van der Waals surface area contributed by atoms with E-state index in [2.05, 4.69) is 31.7 Å². The number of likely N-dealkylation sites (tertiary alicyclic amines) is 1. The summed E-state index contributed by atoms with van der Waals surface area (Å²) in [5, 5.41) is 9.47. The Balaban J connectivity index is 2.15. The molecule has 0 aliphatic carbocycles. The second-order valence-corrected chi connectivity index (χ2v) is 6.77. The lowest BCUT2D eigenvalue weighted by Gasteiger charge is -2.39. The van der Waals surface area contributed by atoms with Gasteiger partial charge in [-0.05, 0) is 46.1 Å². The Kier molecular flexibility index (Phi) is 5.60. The van der Waals surface area contributed by atoms with Crippen molar-refractivity contribution in [1.29, 1.82) is 5.26 Å². The normalized spacial score (nSPS) is 24.9. The van der Waals surface area contributed by atoms with Crippen LogP contribution < -0.4 is 0 Å². The maximum absolute atomic E-state index is 12.7. The van der Waals surface area contributed by atoms with E-state index in [1.807, 2.05) is 11.0 Å². The zero-order chi connectivity index (χ0) is 16.2. The molecular formula is C17H27N3O2. The summed E-state index contributed by atoms with van der Waals surface area (Å²) < 4.78 is 5.38. The van der Waals surface area contributed by atoms with Crippen LogP contribution in [0.15, 0.2) is 11.6 Å². The van der Waals surface area contributed by atoms with E-state index in [0.29, 0.717) is 13.2 Å². The number of hydrogen-bond donors (Lipinski definition) is 0. The van der Waals surface area contributed by atoms with E-state index in [4.69, 9.17) is 4.74 Å². The Labute approximate surface area is 133 Å². The first-order chi connectivity index (χ1) is 10.5. The fourth-order valence-corrected chi connectivity index (χ4v) is 3.28. The molecule has 122 valence electrons. The molecule has 0 spiro atoms. The number of rotatable bonds is 3. The third-order valence-electron chi connectivity index (χ3n) is 4.74. The standard InChI is InChI=1S/C17H27N3O2/c1-14-6-4-5-7-20(14)16(21)15(13-18)12-17(2,3)19-8-10-22-11-9-19/h12,14H,4-11H2,1-3H3/t14-/m1/s1. The van der Waals surface area contributed by atoms with E-state index < -0.39 is 0 Å². The molecule has 0 aromatic rings. The molecule has 2 aliphatic heterocycles. The van der Waals surface area contributed by atoms with Crippen LogP contribution in [0.5, 0.6) is 0 Å². The Morgan fingerprint density at radius 3 is 2.55 bits per heavy atom. The molecule has 2 fully saturated rings. The Morgan fingerprint density at radius 1 is 1.27 bits per heavy atom. The van der Waals surface area contributed by atoms with Gasteiger partial charge in [-0.3, -0.25) is 9.69 Å². The lowest BCUT2D eigenvalue weighted by molar-refractivity contribution is -0.129. The van der Waals surface area contributed by atoms with Crippen LogP contribution in [-0.2, 0) is 9.53 Å². The molecule has 0 aromatic heterocycles. The van der Waals surface area contributed by atoms with Crippen molar-refractivity contribution in [3.05, 3.63) is 11.6 Å². The number of morpholine rings is 1. The van der Waals surface area contributed by atoms with Crippen molar-refractivity contribution in [3.8, 4) is 6.07 Å². The second-order valence-electron chi connectivity index (χ2n) is 6.77. The lowest BCUT2D eigenvalue weighted by atomic mass is 9.96. The van der Waals surface area contributed by atoms with Gasteiger partial charge in [-0.15, -0.1) is 0 Å². The smallest absolute Gasteiger partial charge is 0.264 e. The molecule has 1 atom stereocenters.